The average Bonchev–Trinajstić information content (AvgIpc) is 2.84. The van der Waals surface area contributed by atoms with Gasteiger partial charge in [0.05, 0.1) is 0 Å². The molecule has 1 aromatic heterocycles. The summed E-state index contributed by atoms with van der Waals surface area (Å²) in [6.45, 7) is 6.59. The number of carboxylic acids is 1. The highest BCUT2D eigenvalue weighted by Crippen LogP contribution is 2.24. The number of carbonyl (C=O) groups is 1. The van der Waals surface area contributed by atoms with Crippen LogP contribution in [0.15, 0.2) is 4.42 Å². The smallest absolute Gasteiger partial charge is 0.303 e. The summed E-state index contributed by atoms with van der Waals surface area (Å²) in [6, 6.07) is 0. The van der Waals surface area contributed by atoms with Gasteiger partial charge in [-0.25, -0.2) is 0 Å². The molecule has 1 heterocycles. The van der Waals surface area contributed by atoms with Crippen molar-refractivity contribution in [2.24, 2.45) is 0 Å². The van der Waals surface area contributed by atoms with E-state index in [0.717, 1.165) is 32.1 Å². The Bertz CT molecular complexity index is 488. The zero-order valence-electron chi connectivity index (χ0n) is 16.7. The molecule has 0 bridgehead atoms. The Kier molecular flexibility index (Phi) is 11.3. The van der Waals surface area contributed by atoms with Gasteiger partial charge in [0.1, 0.15) is 11.5 Å². The zero-order valence-corrected chi connectivity index (χ0v) is 16.7. The predicted molar refractivity (Wildman–Crippen MR) is 104 cm³/mol. The van der Waals surface area contributed by atoms with E-state index in [1.807, 2.05) is 0 Å². The topological polar surface area (TPSA) is 50.4 Å². The Morgan fingerprint density at radius 2 is 1.20 bits per heavy atom. The standard InChI is InChI=1S/C22H38O3/c1-4-15-20-18(2)19(3)21(25-20)16-13-11-9-7-5-6-8-10-12-14-17-22(23)24/h4-17H2,1-3H3,(H,23,24). The first kappa shape index (κ1) is 21.8. The van der Waals surface area contributed by atoms with Gasteiger partial charge in [0.25, 0.3) is 0 Å². The molecule has 1 aromatic rings. The second kappa shape index (κ2) is 13.0. The average molecular weight is 351 g/mol. The van der Waals surface area contributed by atoms with Gasteiger partial charge < -0.3 is 9.52 Å². The van der Waals surface area contributed by atoms with Crippen molar-refractivity contribution < 1.29 is 14.3 Å². The fraction of sp³-hybridized carbons (Fsp3) is 0.773. The Morgan fingerprint density at radius 1 is 0.760 bits per heavy atom. The fourth-order valence-corrected chi connectivity index (χ4v) is 3.40. The number of aryl methyl sites for hydroxylation is 2. The van der Waals surface area contributed by atoms with Gasteiger partial charge in [0.15, 0.2) is 0 Å². The number of hydrogen-bond acceptors (Lipinski definition) is 2. The van der Waals surface area contributed by atoms with Crippen molar-refractivity contribution in [2.75, 3.05) is 0 Å². The van der Waals surface area contributed by atoms with Crippen LogP contribution in [0, 0.1) is 13.8 Å². The summed E-state index contributed by atoms with van der Waals surface area (Å²) in [5, 5.41) is 8.58. The van der Waals surface area contributed by atoms with Gasteiger partial charge in [-0.3, -0.25) is 4.79 Å². The van der Waals surface area contributed by atoms with Gasteiger partial charge in [-0.15, -0.1) is 0 Å². The van der Waals surface area contributed by atoms with Crippen LogP contribution in [0.5, 0.6) is 0 Å². The SMILES string of the molecule is CCCc1oc(CCCCCCCCCCCCC(=O)O)c(C)c1C. The van der Waals surface area contributed by atoms with Gasteiger partial charge >= 0.3 is 5.97 Å². The molecule has 0 saturated carbocycles. The van der Waals surface area contributed by atoms with Gasteiger partial charge in [-0.1, -0.05) is 58.3 Å². The minimum atomic E-state index is -0.665. The molecular weight excluding hydrogens is 312 g/mol. The maximum absolute atomic E-state index is 10.4. The van der Waals surface area contributed by atoms with Crippen LogP contribution in [0.3, 0.4) is 0 Å². The van der Waals surface area contributed by atoms with E-state index < -0.39 is 5.97 Å². The predicted octanol–water partition coefficient (Wildman–Crippen LogP) is 6.77. The van der Waals surface area contributed by atoms with Crippen molar-refractivity contribution in [3.8, 4) is 0 Å². The highest BCUT2D eigenvalue weighted by atomic mass is 16.4. The molecule has 144 valence electrons. The minimum Gasteiger partial charge on any atom is -0.481 e. The minimum absolute atomic E-state index is 0.328. The van der Waals surface area contributed by atoms with E-state index in [4.69, 9.17) is 9.52 Å². The summed E-state index contributed by atoms with van der Waals surface area (Å²) in [5.41, 5.74) is 2.73. The van der Waals surface area contributed by atoms with E-state index >= 15 is 0 Å². The number of hydrogen-bond donors (Lipinski definition) is 1. The van der Waals surface area contributed by atoms with E-state index in [1.54, 1.807) is 0 Å². The van der Waals surface area contributed by atoms with Gasteiger partial charge in [-0.2, -0.15) is 0 Å². The maximum Gasteiger partial charge on any atom is 0.303 e. The monoisotopic (exact) mass is 350 g/mol. The molecule has 0 aromatic carbocycles. The molecular formula is C22H38O3. The molecule has 0 unspecified atom stereocenters. The largest absolute Gasteiger partial charge is 0.481 e. The summed E-state index contributed by atoms with van der Waals surface area (Å²) in [5.74, 6) is 1.74. The fourth-order valence-electron chi connectivity index (χ4n) is 3.40. The van der Waals surface area contributed by atoms with E-state index in [2.05, 4.69) is 20.8 Å². The molecule has 3 heteroatoms. The lowest BCUT2D eigenvalue weighted by Crippen LogP contribution is -1.93. The van der Waals surface area contributed by atoms with Crippen LogP contribution in [0.2, 0.25) is 0 Å². The van der Waals surface area contributed by atoms with Crippen molar-refractivity contribution in [3.63, 3.8) is 0 Å². The van der Waals surface area contributed by atoms with Crippen LogP contribution in [0.4, 0.5) is 0 Å². The molecule has 0 aliphatic rings. The molecule has 0 atom stereocenters. The number of aliphatic carboxylic acids is 1. The molecule has 1 N–H and O–H groups in total. The molecule has 0 aliphatic heterocycles. The van der Waals surface area contributed by atoms with E-state index in [0.29, 0.717) is 6.42 Å². The van der Waals surface area contributed by atoms with Crippen molar-refractivity contribution in [3.05, 3.63) is 22.6 Å². The van der Waals surface area contributed by atoms with E-state index in [1.165, 1.54) is 74.0 Å². The number of furan rings is 1. The lowest BCUT2D eigenvalue weighted by atomic mass is 10.0. The highest BCUT2D eigenvalue weighted by Gasteiger charge is 2.12. The third kappa shape index (κ3) is 9.13. The van der Waals surface area contributed by atoms with Crippen molar-refractivity contribution >= 4 is 5.97 Å². The first-order valence-corrected chi connectivity index (χ1v) is 10.4. The second-order valence-corrected chi connectivity index (χ2v) is 7.38. The number of carboxylic acid groups (broad SMARTS) is 1. The van der Waals surface area contributed by atoms with Gasteiger partial charge in [0, 0.05) is 19.3 Å². The molecule has 0 fully saturated rings. The molecule has 1 rings (SSSR count). The van der Waals surface area contributed by atoms with Crippen LogP contribution < -0.4 is 0 Å². The molecule has 25 heavy (non-hydrogen) atoms. The Hall–Kier alpha value is -1.25. The Balaban J connectivity index is 1.99. The maximum atomic E-state index is 10.4. The Morgan fingerprint density at radius 3 is 1.68 bits per heavy atom. The van der Waals surface area contributed by atoms with Gasteiger partial charge in [-0.05, 0) is 44.2 Å². The van der Waals surface area contributed by atoms with Crippen molar-refractivity contribution in [2.45, 2.75) is 111 Å². The molecule has 0 amide bonds. The summed E-state index contributed by atoms with van der Waals surface area (Å²) < 4.78 is 6.06. The molecule has 3 nitrogen and oxygen atoms in total. The van der Waals surface area contributed by atoms with Crippen LogP contribution >= 0.6 is 0 Å². The first-order chi connectivity index (χ1) is 12.1. The summed E-state index contributed by atoms with van der Waals surface area (Å²) in [7, 11) is 0. The molecule has 0 aliphatic carbocycles. The van der Waals surface area contributed by atoms with Crippen molar-refractivity contribution in [1.29, 1.82) is 0 Å². The van der Waals surface area contributed by atoms with Gasteiger partial charge in [0.2, 0.25) is 0 Å². The lowest BCUT2D eigenvalue weighted by molar-refractivity contribution is -0.137. The van der Waals surface area contributed by atoms with Crippen molar-refractivity contribution in [1.82, 2.24) is 0 Å². The summed E-state index contributed by atoms with van der Waals surface area (Å²) >= 11 is 0. The normalized spacial score (nSPS) is 11.2. The molecule has 0 saturated heterocycles. The second-order valence-electron chi connectivity index (χ2n) is 7.38. The van der Waals surface area contributed by atoms with E-state index in [-0.39, 0.29) is 0 Å². The third-order valence-electron chi connectivity index (χ3n) is 5.17. The summed E-state index contributed by atoms with van der Waals surface area (Å²) in [4.78, 5) is 10.4. The quantitative estimate of drug-likeness (QED) is 0.355. The number of rotatable bonds is 15. The summed E-state index contributed by atoms with van der Waals surface area (Å²) in [6.07, 6.45) is 15.7. The lowest BCUT2D eigenvalue weighted by Gasteiger charge is -2.03. The highest BCUT2D eigenvalue weighted by molar-refractivity contribution is 5.66. The Labute approximate surface area is 154 Å². The molecule has 0 radical (unpaired) electrons. The van der Waals surface area contributed by atoms with Crippen LogP contribution in [-0.4, -0.2) is 11.1 Å². The van der Waals surface area contributed by atoms with Crippen LogP contribution in [0.1, 0.15) is 107 Å². The van der Waals surface area contributed by atoms with Crippen LogP contribution in [0.25, 0.3) is 0 Å². The van der Waals surface area contributed by atoms with Crippen LogP contribution in [-0.2, 0) is 17.6 Å². The molecule has 0 spiro atoms. The zero-order chi connectivity index (χ0) is 18.5. The van der Waals surface area contributed by atoms with E-state index in [9.17, 15) is 4.79 Å². The third-order valence-corrected chi connectivity index (χ3v) is 5.17. The first-order valence-electron chi connectivity index (χ1n) is 10.4. The number of unbranched alkanes of at least 4 members (excludes halogenated alkanes) is 9.